The molecule has 0 amide bonds. The SMILES string of the molecule is CCCN=C(NCC)NCCc1cc(OC)ccc1OC.I. The van der Waals surface area contributed by atoms with Crippen molar-refractivity contribution in [3.05, 3.63) is 23.8 Å². The van der Waals surface area contributed by atoms with E-state index in [1.54, 1.807) is 14.2 Å². The van der Waals surface area contributed by atoms with E-state index in [-0.39, 0.29) is 24.0 Å². The molecule has 2 N–H and O–H groups in total. The zero-order valence-electron chi connectivity index (χ0n) is 13.9. The second kappa shape index (κ2) is 12.4. The molecule has 0 saturated heterocycles. The van der Waals surface area contributed by atoms with Crippen molar-refractivity contribution < 1.29 is 9.47 Å². The first-order chi connectivity index (χ1) is 10.2. The van der Waals surface area contributed by atoms with Crippen molar-refractivity contribution >= 4 is 29.9 Å². The number of nitrogens with zero attached hydrogens (tertiary/aromatic N) is 1. The molecule has 0 aliphatic carbocycles. The Morgan fingerprint density at radius 2 is 1.91 bits per heavy atom. The number of guanidine groups is 1. The first-order valence-electron chi connectivity index (χ1n) is 7.48. The van der Waals surface area contributed by atoms with Gasteiger partial charge >= 0.3 is 0 Å². The number of hydrogen-bond donors (Lipinski definition) is 2. The van der Waals surface area contributed by atoms with Crippen LogP contribution in [0.4, 0.5) is 0 Å². The van der Waals surface area contributed by atoms with Crippen LogP contribution >= 0.6 is 24.0 Å². The molecule has 6 heteroatoms. The quantitative estimate of drug-likeness (QED) is 0.385. The highest BCUT2D eigenvalue weighted by Gasteiger charge is 2.05. The van der Waals surface area contributed by atoms with Gasteiger partial charge in [-0.25, -0.2) is 0 Å². The molecule has 0 radical (unpaired) electrons. The van der Waals surface area contributed by atoms with Crippen molar-refractivity contribution in [3.8, 4) is 11.5 Å². The molecule has 1 rings (SSSR count). The predicted molar refractivity (Wildman–Crippen MR) is 103 cm³/mol. The molecule has 0 aliphatic rings. The van der Waals surface area contributed by atoms with Crippen LogP contribution in [-0.4, -0.2) is 39.8 Å². The van der Waals surface area contributed by atoms with E-state index in [0.717, 1.165) is 55.5 Å². The minimum Gasteiger partial charge on any atom is -0.497 e. The zero-order valence-corrected chi connectivity index (χ0v) is 16.3. The van der Waals surface area contributed by atoms with Gasteiger partial charge in [0.2, 0.25) is 0 Å². The lowest BCUT2D eigenvalue weighted by atomic mass is 10.1. The lowest BCUT2D eigenvalue weighted by molar-refractivity contribution is 0.398. The number of ether oxygens (including phenoxy) is 2. The Labute approximate surface area is 150 Å². The number of hydrogen-bond acceptors (Lipinski definition) is 3. The van der Waals surface area contributed by atoms with Crippen LogP contribution in [0.2, 0.25) is 0 Å². The first kappa shape index (κ1) is 20.8. The Morgan fingerprint density at radius 3 is 2.50 bits per heavy atom. The normalized spacial score (nSPS) is 10.6. The fraction of sp³-hybridized carbons (Fsp3) is 0.562. The summed E-state index contributed by atoms with van der Waals surface area (Å²) in [5.74, 6) is 2.59. The third kappa shape index (κ3) is 7.20. The van der Waals surface area contributed by atoms with Gasteiger partial charge in [-0.2, -0.15) is 0 Å². The van der Waals surface area contributed by atoms with Gasteiger partial charge in [-0.15, -0.1) is 24.0 Å². The average molecular weight is 421 g/mol. The van der Waals surface area contributed by atoms with Crippen LogP contribution in [0, 0.1) is 0 Å². The van der Waals surface area contributed by atoms with Crippen LogP contribution in [-0.2, 0) is 6.42 Å². The summed E-state index contributed by atoms with van der Waals surface area (Å²) < 4.78 is 10.6. The number of methoxy groups -OCH3 is 2. The van der Waals surface area contributed by atoms with E-state index >= 15 is 0 Å². The number of rotatable bonds is 8. The second-order valence-electron chi connectivity index (χ2n) is 4.62. The molecular weight excluding hydrogens is 393 g/mol. The summed E-state index contributed by atoms with van der Waals surface area (Å²) in [5.41, 5.74) is 1.12. The van der Waals surface area contributed by atoms with E-state index in [1.807, 2.05) is 18.2 Å². The van der Waals surface area contributed by atoms with E-state index in [1.165, 1.54) is 0 Å². The van der Waals surface area contributed by atoms with Crippen LogP contribution in [0.3, 0.4) is 0 Å². The maximum atomic E-state index is 5.39. The Morgan fingerprint density at radius 1 is 1.14 bits per heavy atom. The zero-order chi connectivity index (χ0) is 15.5. The molecule has 0 fully saturated rings. The molecule has 1 aromatic rings. The van der Waals surface area contributed by atoms with Gasteiger partial charge in [-0.05, 0) is 43.5 Å². The Hall–Kier alpha value is -1.18. The van der Waals surface area contributed by atoms with E-state index in [2.05, 4.69) is 29.5 Å². The minimum atomic E-state index is 0. The highest BCUT2D eigenvalue weighted by Crippen LogP contribution is 2.23. The maximum Gasteiger partial charge on any atom is 0.191 e. The third-order valence-electron chi connectivity index (χ3n) is 3.01. The molecule has 1 aromatic carbocycles. The molecule has 0 atom stereocenters. The maximum absolute atomic E-state index is 5.39. The fourth-order valence-corrected chi connectivity index (χ4v) is 1.96. The average Bonchev–Trinajstić information content (AvgIpc) is 2.52. The standard InChI is InChI=1S/C16H27N3O2.HI/c1-5-10-18-16(17-6-2)19-11-9-13-12-14(20-3)7-8-15(13)21-4;/h7-8,12H,5-6,9-11H2,1-4H3,(H2,17,18,19);1H. The molecule has 0 spiro atoms. The van der Waals surface area contributed by atoms with E-state index in [4.69, 9.17) is 9.47 Å². The van der Waals surface area contributed by atoms with E-state index < -0.39 is 0 Å². The Balaban J connectivity index is 0.00000441. The molecule has 0 aliphatic heterocycles. The lowest BCUT2D eigenvalue weighted by Gasteiger charge is -2.13. The Kier molecular flexibility index (Phi) is 11.7. The first-order valence-corrected chi connectivity index (χ1v) is 7.48. The van der Waals surface area contributed by atoms with Gasteiger partial charge in [0.1, 0.15) is 11.5 Å². The third-order valence-corrected chi connectivity index (χ3v) is 3.01. The summed E-state index contributed by atoms with van der Waals surface area (Å²) in [7, 11) is 3.36. The highest BCUT2D eigenvalue weighted by atomic mass is 127. The highest BCUT2D eigenvalue weighted by molar-refractivity contribution is 14.0. The summed E-state index contributed by atoms with van der Waals surface area (Å²) in [6, 6.07) is 5.85. The Bertz CT molecular complexity index is 453. The second-order valence-corrected chi connectivity index (χ2v) is 4.62. The van der Waals surface area contributed by atoms with Crippen molar-refractivity contribution in [3.63, 3.8) is 0 Å². The van der Waals surface area contributed by atoms with Crippen LogP contribution in [0.5, 0.6) is 11.5 Å². The largest absolute Gasteiger partial charge is 0.497 e. The number of halogens is 1. The van der Waals surface area contributed by atoms with Crippen molar-refractivity contribution in [2.75, 3.05) is 33.9 Å². The minimum absolute atomic E-state index is 0. The van der Waals surface area contributed by atoms with Gasteiger partial charge in [0, 0.05) is 19.6 Å². The van der Waals surface area contributed by atoms with Gasteiger partial charge < -0.3 is 20.1 Å². The fourth-order valence-electron chi connectivity index (χ4n) is 1.96. The van der Waals surface area contributed by atoms with Crippen LogP contribution in [0.1, 0.15) is 25.8 Å². The summed E-state index contributed by atoms with van der Waals surface area (Å²) in [4.78, 5) is 4.48. The smallest absolute Gasteiger partial charge is 0.191 e. The topological polar surface area (TPSA) is 54.9 Å². The van der Waals surface area contributed by atoms with Crippen molar-refractivity contribution in [2.24, 2.45) is 4.99 Å². The predicted octanol–water partition coefficient (Wildman–Crippen LogP) is 2.83. The summed E-state index contributed by atoms with van der Waals surface area (Å²) in [5, 5.41) is 6.57. The number of nitrogens with one attached hydrogen (secondary N) is 2. The monoisotopic (exact) mass is 421 g/mol. The molecule has 126 valence electrons. The number of aliphatic imine (C=N–C) groups is 1. The van der Waals surface area contributed by atoms with Gasteiger partial charge in [0.25, 0.3) is 0 Å². The molecule has 0 unspecified atom stereocenters. The van der Waals surface area contributed by atoms with Gasteiger partial charge in [0.15, 0.2) is 5.96 Å². The summed E-state index contributed by atoms with van der Waals surface area (Å²) in [6.07, 6.45) is 1.89. The number of benzene rings is 1. The molecule has 0 heterocycles. The lowest BCUT2D eigenvalue weighted by Crippen LogP contribution is -2.38. The van der Waals surface area contributed by atoms with Gasteiger partial charge in [0.05, 0.1) is 14.2 Å². The van der Waals surface area contributed by atoms with Crippen LogP contribution in [0.25, 0.3) is 0 Å². The summed E-state index contributed by atoms with van der Waals surface area (Å²) in [6.45, 7) is 6.66. The van der Waals surface area contributed by atoms with Crippen molar-refractivity contribution in [2.45, 2.75) is 26.7 Å². The van der Waals surface area contributed by atoms with Crippen LogP contribution < -0.4 is 20.1 Å². The molecule has 0 saturated carbocycles. The molecular formula is C16H28IN3O2. The van der Waals surface area contributed by atoms with Gasteiger partial charge in [-0.1, -0.05) is 6.92 Å². The van der Waals surface area contributed by atoms with E-state index in [0.29, 0.717) is 0 Å². The summed E-state index contributed by atoms with van der Waals surface area (Å²) >= 11 is 0. The molecule has 5 nitrogen and oxygen atoms in total. The molecule has 0 aromatic heterocycles. The molecule has 0 bridgehead atoms. The van der Waals surface area contributed by atoms with E-state index in [9.17, 15) is 0 Å². The molecule has 22 heavy (non-hydrogen) atoms. The van der Waals surface area contributed by atoms with Crippen LogP contribution in [0.15, 0.2) is 23.2 Å². The van der Waals surface area contributed by atoms with Crippen molar-refractivity contribution in [1.82, 2.24) is 10.6 Å². The van der Waals surface area contributed by atoms with Crippen molar-refractivity contribution in [1.29, 1.82) is 0 Å². The van der Waals surface area contributed by atoms with Gasteiger partial charge in [-0.3, -0.25) is 4.99 Å².